The van der Waals surface area contributed by atoms with Gasteiger partial charge in [0, 0.05) is 23.7 Å². The van der Waals surface area contributed by atoms with E-state index < -0.39 is 0 Å². The maximum absolute atomic E-state index is 5.54. The van der Waals surface area contributed by atoms with E-state index in [-0.39, 0.29) is 0 Å². The summed E-state index contributed by atoms with van der Waals surface area (Å²) in [6.07, 6.45) is 3.55. The van der Waals surface area contributed by atoms with Gasteiger partial charge in [0.25, 0.3) is 0 Å². The van der Waals surface area contributed by atoms with E-state index in [1.54, 1.807) is 0 Å². The number of aromatic nitrogens is 1. The average molecular weight is 242 g/mol. The van der Waals surface area contributed by atoms with Crippen molar-refractivity contribution in [1.29, 1.82) is 0 Å². The minimum atomic E-state index is 0.701. The molecule has 0 atom stereocenters. The predicted molar refractivity (Wildman–Crippen MR) is 71.2 cm³/mol. The molecule has 1 heterocycles. The molecular formula is C15H18N2O. The first kappa shape index (κ1) is 11.5. The second kappa shape index (κ2) is 4.94. The Morgan fingerprint density at radius 2 is 2.06 bits per heavy atom. The molecule has 1 saturated carbocycles. The molecule has 1 aromatic heterocycles. The summed E-state index contributed by atoms with van der Waals surface area (Å²) in [7, 11) is 0. The molecule has 2 aromatic rings. The van der Waals surface area contributed by atoms with Crippen molar-refractivity contribution in [2.45, 2.75) is 38.8 Å². The van der Waals surface area contributed by atoms with E-state index in [0.29, 0.717) is 6.04 Å². The lowest BCUT2D eigenvalue weighted by molar-refractivity contribution is 0.419. The van der Waals surface area contributed by atoms with Crippen molar-refractivity contribution >= 4 is 0 Å². The largest absolute Gasteiger partial charge is 0.356 e. The molecule has 3 nitrogen and oxygen atoms in total. The van der Waals surface area contributed by atoms with Crippen LogP contribution in [0.3, 0.4) is 0 Å². The Labute approximate surface area is 107 Å². The highest BCUT2D eigenvalue weighted by atomic mass is 16.5. The number of rotatable bonds is 5. The van der Waals surface area contributed by atoms with Crippen molar-refractivity contribution in [2.75, 3.05) is 0 Å². The number of hydrogen-bond donors (Lipinski definition) is 1. The molecule has 1 aliphatic rings. The van der Waals surface area contributed by atoms with E-state index in [1.807, 2.05) is 18.2 Å². The number of nitrogens with one attached hydrogen (secondary N) is 1. The highest BCUT2D eigenvalue weighted by molar-refractivity contribution is 5.61. The van der Waals surface area contributed by atoms with Gasteiger partial charge in [0.05, 0.1) is 0 Å². The number of benzene rings is 1. The third-order valence-electron chi connectivity index (χ3n) is 3.39. The molecule has 0 amide bonds. The van der Waals surface area contributed by atoms with E-state index >= 15 is 0 Å². The molecule has 0 bridgehead atoms. The fourth-order valence-electron chi connectivity index (χ4n) is 2.19. The van der Waals surface area contributed by atoms with Gasteiger partial charge in [-0.05, 0) is 19.3 Å². The van der Waals surface area contributed by atoms with Gasteiger partial charge < -0.3 is 9.84 Å². The Morgan fingerprint density at radius 3 is 2.72 bits per heavy atom. The zero-order valence-corrected chi connectivity index (χ0v) is 10.6. The third-order valence-corrected chi connectivity index (χ3v) is 3.39. The van der Waals surface area contributed by atoms with Crippen molar-refractivity contribution in [3.63, 3.8) is 0 Å². The molecule has 0 radical (unpaired) electrons. The van der Waals surface area contributed by atoms with Crippen LogP contribution in [0.25, 0.3) is 11.3 Å². The van der Waals surface area contributed by atoms with Crippen LogP contribution in [0.2, 0.25) is 0 Å². The first-order valence-corrected chi connectivity index (χ1v) is 6.64. The summed E-state index contributed by atoms with van der Waals surface area (Å²) in [6.45, 7) is 2.98. The van der Waals surface area contributed by atoms with Crippen LogP contribution in [0.5, 0.6) is 0 Å². The van der Waals surface area contributed by atoms with Gasteiger partial charge in [-0.2, -0.15) is 0 Å². The van der Waals surface area contributed by atoms with Crippen molar-refractivity contribution in [3.8, 4) is 11.3 Å². The first-order valence-electron chi connectivity index (χ1n) is 6.64. The van der Waals surface area contributed by atoms with Crippen LogP contribution in [-0.4, -0.2) is 11.2 Å². The van der Waals surface area contributed by atoms with Gasteiger partial charge >= 0.3 is 0 Å². The lowest BCUT2D eigenvalue weighted by Gasteiger charge is -2.02. The second-order valence-corrected chi connectivity index (χ2v) is 4.81. The molecule has 1 aliphatic carbocycles. The molecule has 0 spiro atoms. The van der Waals surface area contributed by atoms with Crippen molar-refractivity contribution < 1.29 is 4.52 Å². The molecule has 1 aromatic carbocycles. The molecule has 1 N–H and O–H groups in total. The Bertz CT molecular complexity index is 515. The standard InChI is InChI=1S/C15H18N2O/c1-2-13-14(10-16-12-8-9-12)17-18-15(13)11-6-4-3-5-7-11/h3-7,12,16H,2,8-10H2,1H3. The molecule has 3 rings (SSSR count). The lowest BCUT2D eigenvalue weighted by Crippen LogP contribution is -2.16. The topological polar surface area (TPSA) is 38.1 Å². The van der Waals surface area contributed by atoms with Gasteiger partial charge in [-0.3, -0.25) is 0 Å². The van der Waals surface area contributed by atoms with Crippen LogP contribution >= 0.6 is 0 Å². The van der Waals surface area contributed by atoms with E-state index in [9.17, 15) is 0 Å². The summed E-state index contributed by atoms with van der Waals surface area (Å²) in [6, 6.07) is 10.9. The summed E-state index contributed by atoms with van der Waals surface area (Å²) in [5.74, 6) is 0.922. The second-order valence-electron chi connectivity index (χ2n) is 4.81. The van der Waals surface area contributed by atoms with Gasteiger partial charge in [0.2, 0.25) is 0 Å². The molecule has 3 heteroatoms. The molecule has 0 aliphatic heterocycles. The van der Waals surface area contributed by atoms with Gasteiger partial charge in [-0.25, -0.2) is 0 Å². The lowest BCUT2D eigenvalue weighted by atomic mass is 10.0. The predicted octanol–water partition coefficient (Wildman–Crippen LogP) is 3.16. The summed E-state index contributed by atoms with van der Waals surface area (Å²) in [5.41, 5.74) is 3.40. The summed E-state index contributed by atoms with van der Waals surface area (Å²) < 4.78 is 5.54. The summed E-state index contributed by atoms with van der Waals surface area (Å²) in [5, 5.41) is 7.72. The molecule has 0 unspecified atom stereocenters. The molecule has 18 heavy (non-hydrogen) atoms. The highest BCUT2D eigenvalue weighted by Gasteiger charge is 2.22. The minimum Gasteiger partial charge on any atom is -0.356 e. The Kier molecular flexibility index (Phi) is 3.15. The van der Waals surface area contributed by atoms with Crippen LogP contribution in [-0.2, 0) is 13.0 Å². The fraction of sp³-hybridized carbons (Fsp3) is 0.400. The Balaban J connectivity index is 1.85. The highest BCUT2D eigenvalue weighted by Crippen LogP contribution is 2.27. The smallest absolute Gasteiger partial charge is 0.170 e. The maximum atomic E-state index is 5.54. The van der Waals surface area contributed by atoms with E-state index in [2.05, 4.69) is 29.5 Å². The fourth-order valence-corrected chi connectivity index (χ4v) is 2.19. The number of hydrogen-bond acceptors (Lipinski definition) is 3. The minimum absolute atomic E-state index is 0.701. The zero-order valence-electron chi connectivity index (χ0n) is 10.6. The van der Waals surface area contributed by atoms with Crippen LogP contribution in [0, 0.1) is 0 Å². The Morgan fingerprint density at radius 1 is 1.28 bits per heavy atom. The molecule has 0 saturated heterocycles. The van der Waals surface area contributed by atoms with E-state index in [0.717, 1.165) is 30.0 Å². The van der Waals surface area contributed by atoms with E-state index in [4.69, 9.17) is 4.52 Å². The third kappa shape index (κ3) is 2.31. The molecule has 1 fully saturated rings. The van der Waals surface area contributed by atoms with Crippen LogP contribution in [0.15, 0.2) is 34.9 Å². The van der Waals surface area contributed by atoms with Gasteiger partial charge in [0.1, 0.15) is 5.69 Å². The van der Waals surface area contributed by atoms with Gasteiger partial charge in [0.15, 0.2) is 5.76 Å². The monoisotopic (exact) mass is 242 g/mol. The molecular weight excluding hydrogens is 224 g/mol. The maximum Gasteiger partial charge on any atom is 0.170 e. The zero-order chi connectivity index (χ0) is 12.4. The molecule has 94 valence electrons. The van der Waals surface area contributed by atoms with E-state index in [1.165, 1.54) is 18.4 Å². The normalized spacial score (nSPS) is 14.9. The average Bonchev–Trinajstić information content (AvgIpc) is 3.16. The van der Waals surface area contributed by atoms with Crippen LogP contribution < -0.4 is 5.32 Å². The van der Waals surface area contributed by atoms with Crippen LogP contribution in [0.4, 0.5) is 0 Å². The van der Waals surface area contributed by atoms with Crippen LogP contribution in [0.1, 0.15) is 31.0 Å². The van der Waals surface area contributed by atoms with Gasteiger partial charge in [-0.15, -0.1) is 0 Å². The van der Waals surface area contributed by atoms with Crippen molar-refractivity contribution in [3.05, 3.63) is 41.6 Å². The SMILES string of the molecule is CCc1c(CNC2CC2)noc1-c1ccccc1. The first-order chi connectivity index (χ1) is 8.88. The van der Waals surface area contributed by atoms with Crippen molar-refractivity contribution in [2.24, 2.45) is 0 Å². The summed E-state index contributed by atoms with van der Waals surface area (Å²) in [4.78, 5) is 0. The number of nitrogens with zero attached hydrogens (tertiary/aromatic N) is 1. The summed E-state index contributed by atoms with van der Waals surface area (Å²) >= 11 is 0. The van der Waals surface area contributed by atoms with Crippen molar-refractivity contribution in [1.82, 2.24) is 10.5 Å². The quantitative estimate of drug-likeness (QED) is 0.875. The van der Waals surface area contributed by atoms with Gasteiger partial charge in [-0.1, -0.05) is 42.4 Å². The Hall–Kier alpha value is -1.61.